The minimum absolute atomic E-state index is 0.204. The van der Waals surface area contributed by atoms with E-state index in [1.54, 1.807) is 0 Å². The lowest BCUT2D eigenvalue weighted by Gasteiger charge is -2.23. The van der Waals surface area contributed by atoms with Gasteiger partial charge in [0.05, 0.1) is 12.4 Å². The first-order chi connectivity index (χ1) is 9.35. The van der Waals surface area contributed by atoms with Crippen LogP contribution in [0.3, 0.4) is 0 Å². The van der Waals surface area contributed by atoms with E-state index in [4.69, 9.17) is 9.92 Å². The quantitative estimate of drug-likeness (QED) is 0.681. The van der Waals surface area contributed by atoms with Crippen molar-refractivity contribution in [2.24, 2.45) is 0 Å². The molecule has 1 heterocycles. The van der Waals surface area contributed by atoms with E-state index in [0.717, 1.165) is 55.5 Å². The Morgan fingerprint density at radius 2 is 2.05 bits per heavy atom. The highest BCUT2D eigenvalue weighted by Gasteiger charge is 2.21. The van der Waals surface area contributed by atoms with E-state index in [1.165, 1.54) is 0 Å². The fourth-order valence-electron chi connectivity index (χ4n) is 2.52. The molecule has 20 heavy (non-hydrogen) atoms. The number of nitrogens with two attached hydrogens (primary N) is 1. The SMILES string of the molecule is Cc1cc(N2CCCC(OS(C)(=O)=O)CC2)ccc1N. The number of anilines is 2. The zero-order chi connectivity index (χ0) is 14.8. The summed E-state index contributed by atoms with van der Waals surface area (Å²) in [5, 5.41) is 0. The number of nitrogen functional groups attached to an aromatic ring is 1. The number of hydrogen-bond acceptors (Lipinski definition) is 5. The Balaban J connectivity index is 2.04. The number of hydrogen-bond donors (Lipinski definition) is 1. The van der Waals surface area contributed by atoms with Crippen LogP contribution in [-0.2, 0) is 14.3 Å². The van der Waals surface area contributed by atoms with Crippen LogP contribution in [0.25, 0.3) is 0 Å². The molecule has 1 atom stereocenters. The maximum absolute atomic E-state index is 11.2. The molecule has 112 valence electrons. The molecule has 0 aromatic heterocycles. The van der Waals surface area contributed by atoms with Gasteiger partial charge in [0, 0.05) is 24.5 Å². The maximum Gasteiger partial charge on any atom is 0.264 e. The maximum atomic E-state index is 11.2. The first-order valence-electron chi connectivity index (χ1n) is 6.84. The predicted octanol–water partition coefficient (Wildman–Crippen LogP) is 1.91. The third-order valence-corrected chi connectivity index (χ3v) is 4.23. The van der Waals surface area contributed by atoms with Gasteiger partial charge in [-0.1, -0.05) is 0 Å². The van der Waals surface area contributed by atoms with Crippen LogP contribution in [-0.4, -0.2) is 33.9 Å². The van der Waals surface area contributed by atoms with E-state index in [9.17, 15) is 8.42 Å². The molecule has 0 aliphatic carbocycles. The largest absolute Gasteiger partial charge is 0.399 e. The van der Waals surface area contributed by atoms with E-state index in [1.807, 2.05) is 19.1 Å². The zero-order valence-electron chi connectivity index (χ0n) is 12.0. The molecule has 2 N–H and O–H groups in total. The molecule has 1 aromatic rings. The summed E-state index contributed by atoms with van der Waals surface area (Å²) in [6.45, 7) is 3.70. The fourth-order valence-corrected chi connectivity index (χ4v) is 3.21. The lowest BCUT2D eigenvalue weighted by Crippen LogP contribution is -2.25. The topological polar surface area (TPSA) is 72.6 Å². The molecule has 1 aromatic carbocycles. The van der Waals surface area contributed by atoms with Crippen molar-refractivity contribution in [3.05, 3.63) is 23.8 Å². The third kappa shape index (κ3) is 4.11. The fraction of sp³-hybridized carbons (Fsp3) is 0.571. The van der Waals surface area contributed by atoms with Crippen LogP contribution in [0.15, 0.2) is 18.2 Å². The van der Waals surface area contributed by atoms with Gasteiger partial charge < -0.3 is 10.6 Å². The summed E-state index contributed by atoms with van der Waals surface area (Å²) in [5.74, 6) is 0. The molecule has 6 heteroatoms. The lowest BCUT2D eigenvalue weighted by molar-refractivity contribution is 0.197. The molecule has 0 radical (unpaired) electrons. The predicted molar refractivity (Wildman–Crippen MR) is 81.4 cm³/mol. The second kappa shape index (κ2) is 6.01. The molecule has 0 spiro atoms. The standard InChI is InChI=1S/C14H22N2O3S/c1-11-10-12(5-6-14(11)15)16-8-3-4-13(7-9-16)19-20(2,17)18/h5-6,10,13H,3-4,7-9,15H2,1-2H3. The average Bonchev–Trinajstić information content (AvgIpc) is 2.56. The van der Waals surface area contributed by atoms with Crippen molar-refractivity contribution in [1.29, 1.82) is 0 Å². The van der Waals surface area contributed by atoms with Gasteiger partial charge in [0.15, 0.2) is 0 Å². The van der Waals surface area contributed by atoms with Crippen molar-refractivity contribution in [3.8, 4) is 0 Å². The molecule has 0 saturated carbocycles. The van der Waals surface area contributed by atoms with Crippen molar-refractivity contribution >= 4 is 21.5 Å². The van der Waals surface area contributed by atoms with Gasteiger partial charge in [-0.3, -0.25) is 4.18 Å². The van der Waals surface area contributed by atoms with Gasteiger partial charge in [0.1, 0.15) is 0 Å². The Bertz CT molecular complexity index is 572. The van der Waals surface area contributed by atoms with Crippen molar-refractivity contribution < 1.29 is 12.6 Å². The smallest absolute Gasteiger partial charge is 0.264 e. The summed E-state index contributed by atoms with van der Waals surface area (Å²) >= 11 is 0. The van der Waals surface area contributed by atoms with Crippen LogP contribution in [0.5, 0.6) is 0 Å². The molecule has 1 unspecified atom stereocenters. The van der Waals surface area contributed by atoms with Gasteiger partial charge in [0.2, 0.25) is 0 Å². The Morgan fingerprint density at radius 1 is 1.30 bits per heavy atom. The van der Waals surface area contributed by atoms with Crippen molar-refractivity contribution in [1.82, 2.24) is 0 Å². The summed E-state index contributed by atoms with van der Waals surface area (Å²) < 4.78 is 27.5. The third-order valence-electron chi connectivity index (χ3n) is 3.60. The number of aryl methyl sites for hydroxylation is 1. The first-order valence-corrected chi connectivity index (χ1v) is 8.66. The molecule has 0 amide bonds. The number of rotatable bonds is 3. The molecule has 1 aliphatic rings. The molecule has 1 fully saturated rings. The highest BCUT2D eigenvalue weighted by molar-refractivity contribution is 7.86. The minimum Gasteiger partial charge on any atom is -0.399 e. The Hall–Kier alpha value is -1.27. The van der Waals surface area contributed by atoms with Crippen LogP contribution >= 0.6 is 0 Å². The normalized spacial score (nSPS) is 20.7. The molecule has 0 bridgehead atoms. The Morgan fingerprint density at radius 3 is 2.70 bits per heavy atom. The second-order valence-electron chi connectivity index (χ2n) is 5.38. The van der Waals surface area contributed by atoms with Crippen LogP contribution in [0, 0.1) is 6.92 Å². The average molecular weight is 298 g/mol. The van der Waals surface area contributed by atoms with Crippen LogP contribution in [0.2, 0.25) is 0 Å². The van der Waals surface area contributed by atoms with Gasteiger partial charge >= 0.3 is 0 Å². The summed E-state index contributed by atoms with van der Waals surface area (Å²) in [4.78, 5) is 2.26. The van der Waals surface area contributed by atoms with E-state index in [-0.39, 0.29) is 6.10 Å². The van der Waals surface area contributed by atoms with Crippen LogP contribution in [0.1, 0.15) is 24.8 Å². The van der Waals surface area contributed by atoms with Crippen LogP contribution in [0.4, 0.5) is 11.4 Å². The molecule has 2 rings (SSSR count). The van der Waals surface area contributed by atoms with Crippen molar-refractivity contribution in [2.75, 3.05) is 30.0 Å². The van der Waals surface area contributed by atoms with Gasteiger partial charge in [-0.2, -0.15) is 8.42 Å². The second-order valence-corrected chi connectivity index (χ2v) is 6.98. The summed E-state index contributed by atoms with van der Waals surface area (Å²) in [7, 11) is -3.37. The van der Waals surface area contributed by atoms with Gasteiger partial charge in [-0.15, -0.1) is 0 Å². The molecular weight excluding hydrogens is 276 g/mol. The summed E-state index contributed by atoms with van der Waals surface area (Å²) in [6.07, 6.45) is 3.32. The molecule has 1 saturated heterocycles. The summed E-state index contributed by atoms with van der Waals surface area (Å²) in [6, 6.07) is 6.01. The van der Waals surface area contributed by atoms with Gasteiger partial charge in [-0.05, 0) is 49.9 Å². The zero-order valence-corrected chi connectivity index (χ0v) is 12.8. The minimum atomic E-state index is -3.37. The number of benzene rings is 1. The van der Waals surface area contributed by atoms with Crippen LogP contribution < -0.4 is 10.6 Å². The monoisotopic (exact) mass is 298 g/mol. The first kappa shape index (κ1) is 15.1. The molecule has 1 aliphatic heterocycles. The van der Waals surface area contributed by atoms with E-state index < -0.39 is 10.1 Å². The van der Waals surface area contributed by atoms with E-state index in [2.05, 4.69) is 11.0 Å². The van der Waals surface area contributed by atoms with E-state index >= 15 is 0 Å². The Kier molecular flexibility index (Phi) is 4.55. The Labute approximate surface area is 120 Å². The number of nitrogens with zero attached hydrogens (tertiary/aromatic N) is 1. The molecule has 5 nitrogen and oxygen atoms in total. The van der Waals surface area contributed by atoms with E-state index in [0.29, 0.717) is 0 Å². The highest BCUT2D eigenvalue weighted by atomic mass is 32.2. The highest BCUT2D eigenvalue weighted by Crippen LogP contribution is 2.24. The summed E-state index contributed by atoms with van der Waals surface area (Å²) in [5.41, 5.74) is 8.83. The molecular formula is C14H22N2O3S. The lowest BCUT2D eigenvalue weighted by atomic mass is 10.1. The van der Waals surface area contributed by atoms with Crippen molar-refractivity contribution in [2.45, 2.75) is 32.3 Å². The van der Waals surface area contributed by atoms with Gasteiger partial charge in [-0.25, -0.2) is 0 Å². The van der Waals surface area contributed by atoms with Gasteiger partial charge in [0.25, 0.3) is 10.1 Å². The van der Waals surface area contributed by atoms with Crippen molar-refractivity contribution in [3.63, 3.8) is 0 Å².